The maximum absolute atomic E-state index is 12.1. The summed E-state index contributed by atoms with van der Waals surface area (Å²) in [6.07, 6.45) is 2.46. The molecule has 0 unspecified atom stereocenters. The van der Waals surface area contributed by atoms with Crippen molar-refractivity contribution in [2.75, 3.05) is 13.1 Å². The summed E-state index contributed by atoms with van der Waals surface area (Å²) < 4.78 is 0.600. The third-order valence-electron chi connectivity index (χ3n) is 4.78. The van der Waals surface area contributed by atoms with Crippen molar-refractivity contribution < 1.29 is 14.5 Å². The lowest BCUT2D eigenvalue weighted by Crippen LogP contribution is -3.12. The fraction of sp³-hybridized carbons (Fsp3) is 0.400. The van der Waals surface area contributed by atoms with Crippen molar-refractivity contribution in [3.05, 3.63) is 57.2 Å². The lowest BCUT2D eigenvalue weighted by Gasteiger charge is -2.29. The van der Waals surface area contributed by atoms with Gasteiger partial charge in [-0.05, 0) is 12.1 Å². The Bertz CT molecular complexity index is 739. The van der Waals surface area contributed by atoms with Gasteiger partial charge in [0.25, 0.3) is 0 Å². The number of halogens is 1. The number of rotatable bonds is 7. The molecule has 1 aliphatic rings. The molecule has 4 nitrogen and oxygen atoms in total. The number of amides is 1. The summed E-state index contributed by atoms with van der Waals surface area (Å²) in [6, 6.07) is 14.2. The molecule has 0 bridgehead atoms. The number of hydrogen-bond acceptors (Lipinski definition) is 3. The molecular formula is C20H24ClN2O2S+. The summed E-state index contributed by atoms with van der Waals surface area (Å²) in [7, 11) is 0. The lowest BCUT2D eigenvalue weighted by atomic mass is 10.0. The topological polar surface area (TPSA) is 50.6 Å². The van der Waals surface area contributed by atoms with Crippen LogP contribution in [0.5, 0.6) is 0 Å². The average molecular weight is 392 g/mol. The van der Waals surface area contributed by atoms with E-state index >= 15 is 0 Å². The third kappa shape index (κ3) is 5.66. The molecular weight excluding hydrogens is 368 g/mol. The highest BCUT2D eigenvalue weighted by Crippen LogP contribution is 2.22. The number of carbonyl (C=O) groups excluding carboxylic acids is 2. The number of Topliss-reactive ketones (excluding diaryl/α,β-unsaturated/α-hetero) is 1. The fourth-order valence-corrected chi connectivity index (χ4v) is 4.36. The number of ketones is 1. The van der Waals surface area contributed by atoms with Crippen LogP contribution in [0.25, 0.3) is 0 Å². The van der Waals surface area contributed by atoms with Gasteiger partial charge in [0.1, 0.15) is 6.54 Å². The number of benzene rings is 1. The highest BCUT2D eigenvalue weighted by atomic mass is 35.5. The van der Waals surface area contributed by atoms with Gasteiger partial charge in [0.15, 0.2) is 5.78 Å². The number of likely N-dealkylation sites (tertiary alicyclic amines) is 1. The van der Waals surface area contributed by atoms with Crippen molar-refractivity contribution in [1.29, 1.82) is 0 Å². The van der Waals surface area contributed by atoms with E-state index in [2.05, 4.69) is 29.6 Å². The summed E-state index contributed by atoms with van der Waals surface area (Å²) >= 11 is 7.11. The van der Waals surface area contributed by atoms with E-state index in [-0.39, 0.29) is 30.6 Å². The molecule has 138 valence electrons. The Labute approximate surface area is 163 Å². The zero-order valence-corrected chi connectivity index (χ0v) is 16.2. The molecule has 1 aliphatic heterocycles. The van der Waals surface area contributed by atoms with E-state index in [0.717, 1.165) is 32.5 Å². The molecule has 0 saturated carbocycles. The first-order chi connectivity index (χ1) is 12.6. The van der Waals surface area contributed by atoms with Gasteiger partial charge in [-0.3, -0.25) is 9.59 Å². The predicted molar refractivity (Wildman–Crippen MR) is 105 cm³/mol. The van der Waals surface area contributed by atoms with Crippen molar-refractivity contribution in [3.8, 4) is 0 Å². The van der Waals surface area contributed by atoms with E-state index in [1.807, 2.05) is 6.07 Å². The number of thiophene rings is 1. The van der Waals surface area contributed by atoms with Gasteiger partial charge in [-0.15, -0.1) is 11.3 Å². The van der Waals surface area contributed by atoms with E-state index in [1.165, 1.54) is 16.9 Å². The van der Waals surface area contributed by atoms with Gasteiger partial charge in [-0.2, -0.15) is 0 Å². The van der Waals surface area contributed by atoms with Gasteiger partial charge in [0.05, 0.1) is 22.3 Å². The molecule has 1 aromatic carbocycles. The van der Waals surface area contributed by atoms with Crippen molar-refractivity contribution in [1.82, 2.24) is 5.32 Å². The molecule has 2 heterocycles. The summed E-state index contributed by atoms with van der Waals surface area (Å²) in [6.45, 7) is 3.16. The van der Waals surface area contributed by atoms with E-state index in [0.29, 0.717) is 9.21 Å². The molecule has 6 heteroatoms. The first kappa shape index (κ1) is 19.1. The number of carbonyl (C=O) groups is 2. The molecule has 1 saturated heterocycles. The monoisotopic (exact) mass is 391 g/mol. The quantitative estimate of drug-likeness (QED) is 0.713. The second-order valence-electron chi connectivity index (χ2n) is 6.78. The van der Waals surface area contributed by atoms with Crippen molar-refractivity contribution in [2.45, 2.75) is 38.3 Å². The molecule has 1 fully saturated rings. The van der Waals surface area contributed by atoms with Crippen molar-refractivity contribution in [2.24, 2.45) is 0 Å². The molecule has 2 N–H and O–H groups in total. The standard InChI is InChI=1S/C20H23ClN2O2S/c21-19-8-7-18(26-19)17(24)6-9-20(25)22-16-10-12-23(13-11-16)14-15-4-2-1-3-5-15/h1-5,7-8,16H,6,9-14H2,(H,22,25)/p+1. The smallest absolute Gasteiger partial charge is 0.220 e. The average Bonchev–Trinajstić information content (AvgIpc) is 3.09. The van der Waals surface area contributed by atoms with Crippen LogP contribution in [0.1, 0.15) is 40.9 Å². The van der Waals surface area contributed by atoms with E-state index in [1.54, 1.807) is 17.0 Å². The van der Waals surface area contributed by atoms with Crippen LogP contribution in [0.2, 0.25) is 4.34 Å². The normalized spacial score (nSPS) is 19.9. The summed E-state index contributed by atoms with van der Waals surface area (Å²) in [4.78, 5) is 26.4. The van der Waals surface area contributed by atoms with Crippen LogP contribution in [-0.4, -0.2) is 30.8 Å². The molecule has 0 aliphatic carbocycles. The zero-order valence-electron chi connectivity index (χ0n) is 14.7. The Morgan fingerprint density at radius 2 is 1.81 bits per heavy atom. The van der Waals surface area contributed by atoms with E-state index < -0.39 is 0 Å². The first-order valence-corrected chi connectivity index (χ1v) is 10.2. The maximum Gasteiger partial charge on any atom is 0.220 e. The Hall–Kier alpha value is -1.69. The van der Waals surface area contributed by atoms with Crippen LogP contribution < -0.4 is 10.2 Å². The van der Waals surface area contributed by atoms with Gasteiger partial charge in [-0.25, -0.2) is 0 Å². The Morgan fingerprint density at radius 1 is 1.08 bits per heavy atom. The second kappa shape index (κ2) is 9.31. The second-order valence-corrected chi connectivity index (χ2v) is 8.50. The minimum absolute atomic E-state index is 0.0147. The summed E-state index contributed by atoms with van der Waals surface area (Å²) in [5.74, 6) is -0.0447. The van der Waals surface area contributed by atoms with Crippen LogP contribution in [0, 0.1) is 0 Å². The largest absolute Gasteiger partial charge is 0.353 e. The van der Waals surface area contributed by atoms with Crippen LogP contribution in [0.4, 0.5) is 0 Å². The van der Waals surface area contributed by atoms with Gasteiger partial charge in [-0.1, -0.05) is 41.9 Å². The number of quaternary nitrogens is 1. The summed E-state index contributed by atoms with van der Waals surface area (Å²) in [5.41, 5.74) is 1.36. The molecule has 26 heavy (non-hydrogen) atoms. The predicted octanol–water partition coefficient (Wildman–Crippen LogP) is 2.73. The molecule has 2 aromatic rings. The van der Waals surface area contributed by atoms with Crippen LogP contribution in [0.3, 0.4) is 0 Å². The molecule has 3 rings (SSSR count). The maximum atomic E-state index is 12.1. The minimum Gasteiger partial charge on any atom is -0.353 e. The molecule has 1 aromatic heterocycles. The number of nitrogens with one attached hydrogen (secondary N) is 2. The van der Waals surface area contributed by atoms with Crippen molar-refractivity contribution >= 4 is 34.6 Å². The van der Waals surface area contributed by atoms with Crippen LogP contribution >= 0.6 is 22.9 Å². The molecule has 1 amide bonds. The highest BCUT2D eigenvalue weighted by Gasteiger charge is 2.23. The Kier molecular flexibility index (Phi) is 6.83. The molecule has 0 radical (unpaired) electrons. The van der Waals surface area contributed by atoms with Crippen molar-refractivity contribution in [3.63, 3.8) is 0 Å². The molecule has 0 atom stereocenters. The lowest BCUT2D eigenvalue weighted by molar-refractivity contribution is -0.918. The molecule has 0 spiro atoms. The first-order valence-electron chi connectivity index (χ1n) is 9.05. The zero-order chi connectivity index (χ0) is 18.4. The van der Waals surface area contributed by atoms with Crippen LogP contribution in [-0.2, 0) is 11.3 Å². The van der Waals surface area contributed by atoms with Gasteiger partial charge < -0.3 is 10.2 Å². The fourth-order valence-electron chi connectivity index (χ4n) is 3.35. The SMILES string of the molecule is O=C(CCC(=O)c1ccc(Cl)s1)NC1CC[NH+](Cc2ccccc2)CC1. The van der Waals surface area contributed by atoms with Crippen LogP contribution in [0.15, 0.2) is 42.5 Å². The van der Waals surface area contributed by atoms with Gasteiger partial charge in [0, 0.05) is 37.3 Å². The highest BCUT2D eigenvalue weighted by molar-refractivity contribution is 7.18. The Morgan fingerprint density at radius 3 is 2.46 bits per heavy atom. The van der Waals surface area contributed by atoms with E-state index in [4.69, 9.17) is 11.6 Å². The van der Waals surface area contributed by atoms with Gasteiger partial charge in [0.2, 0.25) is 5.91 Å². The number of hydrogen-bond donors (Lipinski definition) is 2. The van der Waals surface area contributed by atoms with E-state index in [9.17, 15) is 9.59 Å². The number of piperidine rings is 1. The summed E-state index contributed by atoms with van der Waals surface area (Å²) in [5, 5.41) is 3.09. The van der Waals surface area contributed by atoms with Gasteiger partial charge >= 0.3 is 0 Å². The third-order valence-corrected chi connectivity index (χ3v) is 6.05. The minimum atomic E-state index is -0.0301. The Balaban J connectivity index is 1.36.